The molecule has 0 saturated carbocycles. The first-order chi connectivity index (χ1) is 10.1. The van der Waals surface area contributed by atoms with Crippen LogP contribution in [0.3, 0.4) is 0 Å². The van der Waals surface area contributed by atoms with Crippen molar-refractivity contribution in [2.24, 2.45) is 5.73 Å². The molecule has 21 heavy (non-hydrogen) atoms. The molecule has 0 amide bonds. The fourth-order valence-corrected chi connectivity index (χ4v) is 2.21. The second kappa shape index (κ2) is 7.18. The third-order valence-electron chi connectivity index (χ3n) is 3.40. The Morgan fingerprint density at radius 3 is 2.43 bits per heavy atom. The normalized spacial score (nSPS) is 10.7. The van der Waals surface area contributed by atoms with E-state index >= 15 is 0 Å². The minimum atomic E-state index is -0.422. The molecule has 0 aliphatic heterocycles. The Morgan fingerprint density at radius 2 is 1.76 bits per heavy atom. The van der Waals surface area contributed by atoms with Gasteiger partial charge in [-0.3, -0.25) is 0 Å². The van der Waals surface area contributed by atoms with Crippen LogP contribution in [0.25, 0.3) is 0 Å². The van der Waals surface area contributed by atoms with Gasteiger partial charge < -0.3 is 10.6 Å². The zero-order valence-electron chi connectivity index (χ0n) is 12.2. The van der Waals surface area contributed by atoms with E-state index in [1.54, 1.807) is 0 Å². The van der Waals surface area contributed by atoms with Crippen LogP contribution in [0.2, 0.25) is 0 Å². The summed E-state index contributed by atoms with van der Waals surface area (Å²) in [6.07, 6.45) is 0.796. The molecule has 112 valence electrons. The standard InChI is InChI=1S/C17H20F2N2/c1-13-3-6-16(7-4-13)21(10-2-9-20)12-14-11-15(18)5-8-17(14)19/h3-8,11H,2,9-10,12,20H2,1H3. The molecule has 2 N–H and O–H groups in total. The minimum Gasteiger partial charge on any atom is -0.367 e. The van der Waals surface area contributed by atoms with Gasteiger partial charge >= 0.3 is 0 Å². The molecule has 4 heteroatoms. The van der Waals surface area contributed by atoms with Gasteiger partial charge in [-0.05, 0) is 50.2 Å². The third kappa shape index (κ3) is 4.26. The van der Waals surface area contributed by atoms with E-state index in [-0.39, 0.29) is 5.82 Å². The average molecular weight is 290 g/mol. The number of rotatable bonds is 6. The van der Waals surface area contributed by atoms with Crippen LogP contribution in [0, 0.1) is 18.6 Å². The summed E-state index contributed by atoms with van der Waals surface area (Å²) in [7, 11) is 0. The highest BCUT2D eigenvalue weighted by Gasteiger charge is 2.11. The molecule has 0 aromatic heterocycles. The molecule has 2 aromatic carbocycles. The topological polar surface area (TPSA) is 29.3 Å². The average Bonchev–Trinajstić information content (AvgIpc) is 2.48. The summed E-state index contributed by atoms with van der Waals surface area (Å²) in [6, 6.07) is 11.5. The summed E-state index contributed by atoms with van der Waals surface area (Å²) in [4.78, 5) is 2.02. The number of halogens is 2. The summed E-state index contributed by atoms with van der Waals surface area (Å²) < 4.78 is 27.1. The smallest absolute Gasteiger partial charge is 0.128 e. The highest BCUT2D eigenvalue weighted by molar-refractivity contribution is 5.48. The van der Waals surface area contributed by atoms with Crippen molar-refractivity contribution >= 4 is 5.69 Å². The van der Waals surface area contributed by atoms with Gasteiger partial charge in [-0.25, -0.2) is 8.78 Å². The van der Waals surface area contributed by atoms with E-state index in [1.807, 2.05) is 36.1 Å². The van der Waals surface area contributed by atoms with E-state index in [2.05, 4.69) is 0 Å². The largest absolute Gasteiger partial charge is 0.367 e. The van der Waals surface area contributed by atoms with Gasteiger partial charge in [-0.1, -0.05) is 17.7 Å². The highest BCUT2D eigenvalue weighted by Crippen LogP contribution is 2.20. The Balaban J connectivity index is 2.23. The van der Waals surface area contributed by atoms with Crippen molar-refractivity contribution < 1.29 is 8.78 Å². The predicted molar refractivity (Wildman–Crippen MR) is 82.3 cm³/mol. The summed E-state index contributed by atoms with van der Waals surface area (Å²) in [5.41, 5.74) is 8.07. The van der Waals surface area contributed by atoms with Gasteiger partial charge in [-0.2, -0.15) is 0 Å². The van der Waals surface area contributed by atoms with E-state index < -0.39 is 5.82 Å². The Kier molecular flexibility index (Phi) is 5.28. The molecule has 0 heterocycles. The summed E-state index contributed by atoms with van der Waals surface area (Å²) in [5, 5.41) is 0. The number of aryl methyl sites for hydroxylation is 1. The van der Waals surface area contributed by atoms with Gasteiger partial charge in [0, 0.05) is 24.3 Å². The van der Waals surface area contributed by atoms with Crippen LogP contribution in [0.15, 0.2) is 42.5 Å². The molecule has 2 nitrogen and oxygen atoms in total. The number of hydrogen-bond donors (Lipinski definition) is 1. The zero-order chi connectivity index (χ0) is 15.2. The summed E-state index contributed by atoms with van der Waals surface area (Å²) >= 11 is 0. The lowest BCUT2D eigenvalue weighted by Gasteiger charge is -2.25. The van der Waals surface area contributed by atoms with Gasteiger partial charge in [0.15, 0.2) is 0 Å². The second-order valence-electron chi connectivity index (χ2n) is 5.14. The van der Waals surface area contributed by atoms with Gasteiger partial charge in [0.2, 0.25) is 0 Å². The van der Waals surface area contributed by atoms with Crippen molar-refractivity contribution in [1.29, 1.82) is 0 Å². The fraction of sp³-hybridized carbons (Fsp3) is 0.294. The number of nitrogens with two attached hydrogens (primary N) is 1. The van der Waals surface area contributed by atoms with Gasteiger partial charge in [0.25, 0.3) is 0 Å². The number of nitrogens with zero attached hydrogens (tertiary/aromatic N) is 1. The maximum absolute atomic E-state index is 13.8. The molecule has 0 saturated heterocycles. The number of hydrogen-bond acceptors (Lipinski definition) is 2. The van der Waals surface area contributed by atoms with Gasteiger partial charge in [0.1, 0.15) is 11.6 Å². The molecular weight excluding hydrogens is 270 g/mol. The lowest BCUT2D eigenvalue weighted by atomic mass is 10.1. The lowest BCUT2D eigenvalue weighted by Crippen LogP contribution is -2.26. The molecule has 0 radical (unpaired) electrons. The minimum absolute atomic E-state index is 0.326. The number of benzene rings is 2. The Morgan fingerprint density at radius 1 is 1.05 bits per heavy atom. The van der Waals surface area contributed by atoms with Crippen molar-refractivity contribution in [3.63, 3.8) is 0 Å². The molecule has 0 aliphatic rings. The van der Waals surface area contributed by atoms with Gasteiger partial charge in [0.05, 0.1) is 0 Å². The van der Waals surface area contributed by atoms with Crippen LogP contribution in [-0.2, 0) is 6.54 Å². The first-order valence-corrected chi connectivity index (χ1v) is 7.06. The van der Waals surface area contributed by atoms with Crippen molar-refractivity contribution in [3.8, 4) is 0 Å². The molecule has 0 spiro atoms. The molecular formula is C17H20F2N2. The summed E-state index contributed by atoms with van der Waals surface area (Å²) in [6.45, 7) is 3.61. The van der Waals surface area contributed by atoms with Crippen LogP contribution in [0.1, 0.15) is 17.5 Å². The summed E-state index contributed by atoms with van der Waals surface area (Å²) in [5.74, 6) is -0.810. The van der Waals surface area contributed by atoms with E-state index in [1.165, 1.54) is 12.1 Å². The highest BCUT2D eigenvalue weighted by atomic mass is 19.1. The van der Waals surface area contributed by atoms with Gasteiger partial charge in [-0.15, -0.1) is 0 Å². The Bertz CT molecular complexity index is 582. The lowest BCUT2D eigenvalue weighted by molar-refractivity contribution is 0.579. The van der Waals surface area contributed by atoms with E-state index in [4.69, 9.17) is 5.73 Å². The predicted octanol–water partition coefficient (Wildman–Crippen LogP) is 3.63. The van der Waals surface area contributed by atoms with Crippen molar-refractivity contribution in [3.05, 3.63) is 65.2 Å². The van der Waals surface area contributed by atoms with E-state index in [0.29, 0.717) is 25.2 Å². The van der Waals surface area contributed by atoms with Crippen LogP contribution in [-0.4, -0.2) is 13.1 Å². The first-order valence-electron chi connectivity index (χ1n) is 7.06. The van der Waals surface area contributed by atoms with Crippen molar-refractivity contribution in [2.75, 3.05) is 18.0 Å². The van der Waals surface area contributed by atoms with Crippen molar-refractivity contribution in [2.45, 2.75) is 19.9 Å². The SMILES string of the molecule is Cc1ccc(N(CCCN)Cc2cc(F)ccc2F)cc1. The van der Waals surface area contributed by atoms with Crippen LogP contribution >= 0.6 is 0 Å². The third-order valence-corrected chi connectivity index (χ3v) is 3.40. The monoisotopic (exact) mass is 290 g/mol. The van der Waals surface area contributed by atoms with Crippen LogP contribution in [0.4, 0.5) is 14.5 Å². The molecule has 0 fully saturated rings. The molecule has 0 atom stereocenters. The maximum Gasteiger partial charge on any atom is 0.128 e. The molecule has 2 rings (SSSR count). The van der Waals surface area contributed by atoms with E-state index in [9.17, 15) is 8.78 Å². The van der Waals surface area contributed by atoms with E-state index in [0.717, 1.165) is 23.7 Å². The second-order valence-corrected chi connectivity index (χ2v) is 5.14. The molecule has 0 bridgehead atoms. The van der Waals surface area contributed by atoms with Crippen LogP contribution < -0.4 is 10.6 Å². The maximum atomic E-state index is 13.8. The molecule has 2 aromatic rings. The van der Waals surface area contributed by atoms with Crippen molar-refractivity contribution in [1.82, 2.24) is 0 Å². The van der Waals surface area contributed by atoms with Crippen LogP contribution in [0.5, 0.6) is 0 Å². The Hall–Kier alpha value is -1.94. The molecule has 0 aliphatic carbocycles. The Labute approximate surface area is 124 Å². The number of anilines is 1. The molecule has 0 unspecified atom stereocenters. The first kappa shape index (κ1) is 15.4. The quantitative estimate of drug-likeness (QED) is 0.880. The zero-order valence-corrected chi connectivity index (χ0v) is 12.2. The fourth-order valence-electron chi connectivity index (χ4n) is 2.21.